The quantitative estimate of drug-likeness (QED) is 0.707. The van der Waals surface area contributed by atoms with Crippen LogP contribution in [0, 0.1) is 5.82 Å². The molecule has 3 N–H and O–H groups in total. The summed E-state index contributed by atoms with van der Waals surface area (Å²) in [6, 6.07) is 10.8. The molecule has 1 aromatic heterocycles. The highest BCUT2D eigenvalue weighted by molar-refractivity contribution is 7.89. The van der Waals surface area contributed by atoms with Crippen LogP contribution >= 0.6 is 0 Å². The van der Waals surface area contributed by atoms with Gasteiger partial charge in [0.2, 0.25) is 10.0 Å². The zero-order chi connectivity index (χ0) is 19.8. The minimum Gasteiger partial charge on any atom is -0.432 e. The summed E-state index contributed by atoms with van der Waals surface area (Å²) in [6.45, 7) is 5.27. The summed E-state index contributed by atoms with van der Waals surface area (Å²) in [4.78, 5) is 3.99. The van der Waals surface area contributed by atoms with Crippen molar-refractivity contribution in [2.24, 2.45) is 0 Å². The lowest BCUT2D eigenvalue weighted by Crippen LogP contribution is -2.40. The van der Waals surface area contributed by atoms with E-state index in [4.69, 9.17) is 10.2 Å². The Morgan fingerprint density at radius 1 is 1.11 bits per heavy atom. The summed E-state index contributed by atoms with van der Waals surface area (Å²) < 4.78 is 47.7. The van der Waals surface area contributed by atoms with Gasteiger partial charge in [0.25, 0.3) is 6.01 Å². The van der Waals surface area contributed by atoms with Gasteiger partial charge in [-0.15, -0.1) is 0 Å². The fourth-order valence-corrected chi connectivity index (χ4v) is 4.35. The first-order valence-electron chi connectivity index (χ1n) is 8.21. The van der Waals surface area contributed by atoms with Gasteiger partial charge in [-0.2, -0.15) is 4.98 Å². The second kappa shape index (κ2) is 6.79. The molecule has 0 radical (unpaired) electrons. The van der Waals surface area contributed by atoms with E-state index in [-0.39, 0.29) is 22.2 Å². The molecule has 1 heterocycles. The van der Waals surface area contributed by atoms with Crippen molar-refractivity contribution in [2.45, 2.75) is 31.2 Å². The molecule has 0 amide bonds. The van der Waals surface area contributed by atoms with Gasteiger partial charge < -0.3 is 10.2 Å². The summed E-state index contributed by atoms with van der Waals surface area (Å²) >= 11 is 0. The third-order valence-corrected chi connectivity index (χ3v) is 5.51. The molecule has 0 saturated heterocycles. The minimum absolute atomic E-state index is 0.0572. The number of nitrogens with zero attached hydrogens (tertiary/aromatic N) is 1. The molecule has 0 aliphatic heterocycles. The number of nitrogen functional groups attached to an aromatic ring is 1. The molecule has 3 rings (SSSR count). The van der Waals surface area contributed by atoms with Crippen LogP contribution in [-0.2, 0) is 10.0 Å². The molecule has 8 heteroatoms. The fraction of sp³-hybridized carbons (Fsp3) is 0.211. The SMILES string of the molecule is CC(C)(C)NS(=O)(=O)c1ccccc1-c1ccc(-c2coc(N)n2)c(F)c1. The summed E-state index contributed by atoms with van der Waals surface area (Å²) in [7, 11) is -3.78. The van der Waals surface area contributed by atoms with Crippen molar-refractivity contribution in [1.29, 1.82) is 0 Å². The van der Waals surface area contributed by atoms with Crippen LogP contribution in [0.1, 0.15) is 20.8 Å². The van der Waals surface area contributed by atoms with Crippen molar-refractivity contribution in [3.63, 3.8) is 0 Å². The van der Waals surface area contributed by atoms with E-state index in [1.54, 1.807) is 45.0 Å². The van der Waals surface area contributed by atoms with Crippen LogP contribution in [-0.4, -0.2) is 18.9 Å². The van der Waals surface area contributed by atoms with E-state index >= 15 is 0 Å². The molecule has 3 aromatic rings. The van der Waals surface area contributed by atoms with Crippen molar-refractivity contribution in [3.05, 3.63) is 54.5 Å². The van der Waals surface area contributed by atoms with E-state index in [1.165, 1.54) is 24.5 Å². The summed E-state index contributed by atoms with van der Waals surface area (Å²) in [5, 5.41) is 0. The first-order valence-corrected chi connectivity index (χ1v) is 9.69. The lowest BCUT2D eigenvalue weighted by atomic mass is 10.0. The van der Waals surface area contributed by atoms with Crippen molar-refractivity contribution in [1.82, 2.24) is 9.71 Å². The molecule has 0 spiro atoms. The maximum absolute atomic E-state index is 14.6. The molecule has 0 aliphatic carbocycles. The van der Waals surface area contributed by atoms with Crippen molar-refractivity contribution >= 4 is 16.0 Å². The fourth-order valence-electron chi connectivity index (χ4n) is 2.70. The number of oxazole rings is 1. The molecular weight excluding hydrogens is 369 g/mol. The molecule has 0 atom stereocenters. The number of anilines is 1. The van der Waals surface area contributed by atoms with Gasteiger partial charge >= 0.3 is 0 Å². The van der Waals surface area contributed by atoms with E-state index in [0.29, 0.717) is 11.1 Å². The van der Waals surface area contributed by atoms with Gasteiger partial charge in [-0.05, 0) is 44.5 Å². The number of halogens is 1. The third kappa shape index (κ3) is 4.17. The zero-order valence-corrected chi connectivity index (χ0v) is 16.0. The molecule has 0 unspecified atom stereocenters. The van der Waals surface area contributed by atoms with Gasteiger partial charge in [-0.3, -0.25) is 0 Å². The van der Waals surface area contributed by atoms with E-state index in [0.717, 1.165) is 0 Å². The first kappa shape index (κ1) is 19.1. The van der Waals surface area contributed by atoms with Crippen LogP contribution in [0.5, 0.6) is 0 Å². The molecule has 0 saturated carbocycles. The second-order valence-electron chi connectivity index (χ2n) is 7.12. The van der Waals surface area contributed by atoms with Crippen molar-refractivity contribution in [2.75, 3.05) is 5.73 Å². The van der Waals surface area contributed by atoms with E-state index in [9.17, 15) is 12.8 Å². The molecule has 142 valence electrons. The topological polar surface area (TPSA) is 98.2 Å². The Morgan fingerprint density at radius 3 is 2.41 bits per heavy atom. The average Bonchev–Trinajstić information content (AvgIpc) is 2.99. The smallest absolute Gasteiger partial charge is 0.292 e. The molecular formula is C19H20FN3O3S. The highest BCUT2D eigenvalue weighted by Gasteiger charge is 2.25. The Morgan fingerprint density at radius 2 is 1.81 bits per heavy atom. The van der Waals surface area contributed by atoms with Crippen LogP contribution in [0.3, 0.4) is 0 Å². The highest BCUT2D eigenvalue weighted by Crippen LogP contribution is 2.32. The Balaban J connectivity index is 2.07. The highest BCUT2D eigenvalue weighted by atomic mass is 32.2. The van der Waals surface area contributed by atoms with E-state index in [2.05, 4.69) is 9.71 Å². The van der Waals surface area contributed by atoms with Crippen LogP contribution < -0.4 is 10.5 Å². The predicted octanol–water partition coefficient (Wildman–Crippen LogP) is 3.81. The molecule has 27 heavy (non-hydrogen) atoms. The average molecular weight is 389 g/mol. The number of nitrogens with one attached hydrogen (secondary N) is 1. The number of rotatable bonds is 4. The standard InChI is InChI=1S/C19H20FN3O3S/c1-19(2,3)23-27(24,25)17-7-5-4-6-13(17)12-8-9-14(15(20)10-12)16-11-26-18(21)22-16/h4-11,23H,1-3H3,(H2,21,22). The number of hydrogen-bond acceptors (Lipinski definition) is 5. The maximum Gasteiger partial charge on any atom is 0.292 e. The van der Waals surface area contributed by atoms with Crippen LogP contribution in [0.25, 0.3) is 22.4 Å². The second-order valence-corrected chi connectivity index (χ2v) is 8.77. The normalized spacial score (nSPS) is 12.3. The maximum atomic E-state index is 14.6. The van der Waals surface area contributed by atoms with Crippen LogP contribution in [0.4, 0.5) is 10.4 Å². The van der Waals surface area contributed by atoms with Crippen LogP contribution in [0.15, 0.2) is 58.0 Å². The number of aromatic nitrogens is 1. The predicted molar refractivity (Wildman–Crippen MR) is 102 cm³/mol. The zero-order valence-electron chi connectivity index (χ0n) is 15.2. The van der Waals surface area contributed by atoms with Gasteiger partial charge in [-0.25, -0.2) is 17.5 Å². The lowest BCUT2D eigenvalue weighted by Gasteiger charge is -2.21. The van der Waals surface area contributed by atoms with Gasteiger partial charge in [0.1, 0.15) is 17.8 Å². The molecule has 2 aromatic carbocycles. The first-order chi connectivity index (χ1) is 12.6. The number of benzene rings is 2. The van der Waals surface area contributed by atoms with E-state index < -0.39 is 21.4 Å². The van der Waals surface area contributed by atoms with Gasteiger partial charge in [0, 0.05) is 16.7 Å². The van der Waals surface area contributed by atoms with Crippen LogP contribution in [0.2, 0.25) is 0 Å². The van der Waals surface area contributed by atoms with Gasteiger partial charge in [-0.1, -0.05) is 24.3 Å². The summed E-state index contributed by atoms with van der Waals surface area (Å²) in [5.74, 6) is -0.559. The van der Waals surface area contributed by atoms with Crippen molar-refractivity contribution < 1.29 is 17.2 Å². The molecule has 6 nitrogen and oxygen atoms in total. The van der Waals surface area contributed by atoms with E-state index in [1.807, 2.05) is 0 Å². The number of nitrogens with two attached hydrogens (primary N) is 1. The lowest BCUT2D eigenvalue weighted by molar-refractivity contribution is 0.491. The Bertz CT molecular complexity index is 1090. The minimum atomic E-state index is -3.78. The van der Waals surface area contributed by atoms with Gasteiger partial charge in [0.05, 0.1) is 4.90 Å². The Labute approximate surface area is 157 Å². The number of hydrogen-bond donors (Lipinski definition) is 2. The van der Waals surface area contributed by atoms with Crippen molar-refractivity contribution in [3.8, 4) is 22.4 Å². The number of sulfonamides is 1. The third-order valence-electron chi connectivity index (χ3n) is 3.70. The summed E-state index contributed by atoms with van der Waals surface area (Å²) in [5.41, 5.74) is 6.11. The Kier molecular flexibility index (Phi) is 4.79. The monoisotopic (exact) mass is 389 g/mol. The molecule has 0 bridgehead atoms. The Hall–Kier alpha value is -2.71. The largest absolute Gasteiger partial charge is 0.432 e. The summed E-state index contributed by atoms with van der Waals surface area (Å²) in [6.07, 6.45) is 1.26. The van der Waals surface area contributed by atoms with Gasteiger partial charge in [0.15, 0.2) is 0 Å². The molecule has 0 fully saturated rings. The molecule has 0 aliphatic rings.